The van der Waals surface area contributed by atoms with Crippen molar-refractivity contribution in [3.63, 3.8) is 0 Å². The van der Waals surface area contributed by atoms with Crippen LogP contribution in [0.2, 0.25) is 0 Å². The lowest BCUT2D eigenvalue weighted by molar-refractivity contribution is -0.112. The summed E-state index contributed by atoms with van der Waals surface area (Å²) >= 11 is 5.04. The number of hydrogen-bond acceptors (Lipinski definition) is 8. The normalized spacial score (nSPS) is 21.4. The summed E-state index contributed by atoms with van der Waals surface area (Å²) in [4.78, 5) is 9.97. The number of hydrogen-bond donors (Lipinski definition) is 2. The van der Waals surface area contributed by atoms with Gasteiger partial charge in [0, 0.05) is 12.5 Å². The molecule has 1 aliphatic carbocycles. The number of benzene rings is 2. The van der Waals surface area contributed by atoms with Gasteiger partial charge in [-0.15, -0.1) is 5.10 Å². The smallest absolute Gasteiger partial charge is 0.423 e. The molecule has 6 rings (SSSR count). The van der Waals surface area contributed by atoms with Crippen molar-refractivity contribution >= 4 is 53.0 Å². The Hall–Kier alpha value is -2.27. The lowest BCUT2D eigenvalue weighted by Crippen LogP contribution is -2.41. The van der Waals surface area contributed by atoms with E-state index in [4.69, 9.17) is 35.7 Å². The summed E-state index contributed by atoms with van der Waals surface area (Å²) < 4.78 is 20.0. The van der Waals surface area contributed by atoms with E-state index in [1.165, 1.54) is 0 Å². The average molecular weight is 556 g/mol. The van der Waals surface area contributed by atoms with Crippen molar-refractivity contribution < 1.29 is 28.9 Å². The molecule has 2 saturated heterocycles. The van der Waals surface area contributed by atoms with Crippen molar-refractivity contribution in [1.29, 1.82) is 0 Å². The maximum atomic E-state index is 9.97. The number of rotatable bonds is 4. The molecule has 3 aromatic rings. The predicted molar refractivity (Wildman–Crippen MR) is 152 cm³/mol. The van der Waals surface area contributed by atoms with Crippen LogP contribution in [0.4, 0.5) is 0 Å². The minimum Gasteiger partial charge on any atom is -0.423 e. The van der Waals surface area contributed by atoms with Crippen molar-refractivity contribution in [2.75, 3.05) is 6.61 Å². The molecular weight excluding hydrogens is 519 g/mol. The first-order valence-corrected chi connectivity index (χ1v) is 13.8. The van der Waals surface area contributed by atoms with E-state index in [1.807, 2.05) is 28.9 Å². The van der Waals surface area contributed by atoms with Crippen LogP contribution >= 0.6 is 11.6 Å². The Balaban J connectivity index is 0.000000192. The molecular formula is C27H36B2ClN3O6. The van der Waals surface area contributed by atoms with Gasteiger partial charge in [0.2, 0.25) is 5.24 Å². The summed E-state index contributed by atoms with van der Waals surface area (Å²) in [6.45, 7) is 9.02. The number of carbonyl (C=O) groups is 1. The third-order valence-corrected chi connectivity index (χ3v) is 7.75. The fourth-order valence-electron chi connectivity index (χ4n) is 4.15. The first kappa shape index (κ1) is 29.7. The third-order valence-electron chi connectivity index (χ3n) is 7.44. The van der Waals surface area contributed by atoms with Crippen molar-refractivity contribution in [3.05, 3.63) is 48.5 Å². The van der Waals surface area contributed by atoms with Crippen LogP contribution in [0.15, 0.2) is 48.5 Å². The molecule has 0 bridgehead atoms. The minimum absolute atomic E-state index is 0.00792. The van der Waals surface area contributed by atoms with Gasteiger partial charge >= 0.3 is 14.2 Å². The Morgan fingerprint density at radius 3 is 2.18 bits per heavy atom. The van der Waals surface area contributed by atoms with Crippen LogP contribution in [-0.4, -0.2) is 62.3 Å². The topological polar surface area (TPSA) is 116 Å². The third kappa shape index (κ3) is 7.48. The van der Waals surface area contributed by atoms with E-state index in [1.54, 1.807) is 24.3 Å². The van der Waals surface area contributed by atoms with E-state index >= 15 is 0 Å². The fourth-order valence-corrected chi connectivity index (χ4v) is 4.37. The Morgan fingerprint density at radius 1 is 1.03 bits per heavy atom. The molecule has 3 heterocycles. The molecule has 0 spiro atoms. The average Bonchev–Trinajstić information content (AvgIpc) is 3.65. The lowest BCUT2D eigenvalue weighted by atomic mass is 9.79. The number of nitrogens with zero attached hydrogens (tertiary/aromatic N) is 3. The summed E-state index contributed by atoms with van der Waals surface area (Å²) in [6.07, 6.45) is 5.29. The Bertz CT molecular complexity index is 1230. The van der Waals surface area contributed by atoms with Crippen LogP contribution in [0, 0.1) is 5.92 Å². The fraction of sp³-hybridized carbons (Fsp3) is 0.519. The number of carbonyl (C=O) groups excluding carboxylic acids is 1. The maximum Gasteiger partial charge on any atom is 0.494 e. The van der Waals surface area contributed by atoms with Crippen molar-refractivity contribution in [1.82, 2.24) is 15.0 Å². The highest BCUT2D eigenvalue weighted by Gasteiger charge is 2.51. The van der Waals surface area contributed by atoms with Crippen LogP contribution in [0.25, 0.3) is 11.0 Å². The monoisotopic (exact) mass is 555 g/mol. The Morgan fingerprint density at radius 2 is 1.69 bits per heavy atom. The number of fused-ring (bicyclic) bond motifs is 1. The van der Waals surface area contributed by atoms with Gasteiger partial charge in [-0.3, -0.25) is 4.79 Å². The predicted octanol–water partition coefficient (Wildman–Crippen LogP) is 2.96. The highest BCUT2D eigenvalue weighted by atomic mass is 35.5. The van der Waals surface area contributed by atoms with Gasteiger partial charge in [0.1, 0.15) is 5.52 Å². The summed E-state index contributed by atoms with van der Waals surface area (Å²) in [7, 11) is -1.72. The molecule has 1 saturated carbocycles. The zero-order chi connectivity index (χ0) is 28.2. The van der Waals surface area contributed by atoms with Crippen LogP contribution < -0.4 is 10.9 Å². The first-order chi connectivity index (χ1) is 18.5. The van der Waals surface area contributed by atoms with Gasteiger partial charge in [0.25, 0.3) is 0 Å². The molecule has 3 aliphatic rings. The molecule has 2 aliphatic heterocycles. The summed E-state index contributed by atoms with van der Waals surface area (Å²) in [6, 6.07) is 14.7. The Labute approximate surface area is 235 Å². The largest absolute Gasteiger partial charge is 0.494 e. The quantitative estimate of drug-likeness (QED) is 0.373. The van der Waals surface area contributed by atoms with Gasteiger partial charge in [0.15, 0.2) is 6.23 Å². The molecule has 39 heavy (non-hydrogen) atoms. The summed E-state index contributed by atoms with van der Waals surface area (Å²) in [5.41, 5.74) is 2.63. The zero-order valence-corrected chi connectivity index (χ0v) is 23.7. The number of aromatic nitrogens is 3. The molecule has 2 N–H and O–H groups in total. The van der Waals surface area contributed by atoms with Gasteiger partial charge in [-0.1, -0.05) is 41.6 Å². The highest BCUT2D eigenvalue weighted by molar-refractivity contribution is 6.64. The van der Waals surface area contributed by atoms with E-state index in [0.717, 1.165) is 55.2 Å². The molecule has 12 heteroatoms. The van der Waals surface area contributed by atoms with Gasteiger partial charge in [-0.2, -0.15) is 0 Å². The molecule has 1 atom stereocenters. The minimum atomic E-state index is -1.34. The van der Waals surface area contributed by atoms with Crippen molar-refractivity contribution in [2.24, 2.45) is 5.92 Å². The van der Waals surface area contributed by atoms with Crippen molar-refractivity contribution in [3.8, 4) is 0 Å². The van der Waals surface area contributed by atoms with Crippen LogP contribution in [-0.2, 0) is 18.8 Å². The van der Waals surface area contributed by atoms with E-state index in [2.05, 4.69) is 38.0 Å². The second-order valence-corrected chi connectivity index (χ2v) is 11.4. The lowest BCUT2D eigenvalue weighted by Gasteiger charge is -2.32. The van der Waals surface area contributed by atoms with Gasteiger partial charge < -0.3 is 24.1 Å². The van der Waals surface area contributed by atoms with Gasteiger partial charge in [0.05, 0.1) is 16.7 Å². The second kappa shape index (κ2) is 12.5. The molecule has 0 amide bonds. The molecule has 9 nitrogen and oxygen atoms in total. The first-order valence-electron chi connectivity index (χ1n) is 13.4. The highest BCUT2D eigenvalue weighted by Crippen LogP contribution is 2.36. The van der Waals surface area contributed by atoms with E-state index in [0.29, 0.717) is 5.46 Å². The SMILES string of the molecule is CC1(C)OB(c2ccc3c(c2)nnn3C2CCCCO2)OC1(C)C.O=C(Cl)C1CC1.OB(O)c1ccccc1. The molecule has 2 aromatic carbocycles. The van der Waals surface area contributed by atoms with Gasteiger partial charge in [-0.05, 0) is 94.5 Å². The van der Waals surface area contributed by atoms with E-state index in [-0.39, 0.29) is 35.7 Å². The number of halogens is 1. The molecule has 1 aromatic heterocycles. The molecule has 208 valence electrons. The van der Waals surface area contributed by atoms with Crippen LogP contribution in [0.3, 0.4) is 0 Å². The standard InChI is InChI=1S/C17H24BN3O3.C6H7BO2.C4H5ClO/c1-16(2)17(3,4)24-18(23-16)12-8-9-14-13(11-12)19-20-21(14)15-7-5-6-10-22-15;8-7(9)6-4-2-1-3-5-6;5-4(6)3-1-2-3/h8-9,11,15H,5-7,10H2,1-4H3;1-5,8-9H;3H,1-2H2. The van der Waals surface area contributed by atoms with Crippen LogP contribution in [0.5, 0.6) is 0 Å². The molecule has 3 fully saturated rings. The number of ether oxygens (including phenoxy) is 1. The summed E-state index contributed by atoms with van der Waals surface area (Å²) in [5, 5.41) is 25.6. The Kier molecular flexibility index (Phi) is 9.52. The van der Waals surface area contributed by atoms with Gasteiger partial charge in [-0.25, -0.2) is 4.68 Å². The summed E-state index contributed by atoms with van der Waals surface area (Å²) in [5.74, 6) is 0.228. The molecule has 0 radical (unpaired) electrons. The van der Waals surface area contributed by atoms with E-state index < -0.39 is 7.12 Å². The maximum absolute atomic E-state index is 9.97. The second-order valence-electron chi connectivity index (χ2n) is 11.1. The van der Waals surface area contributed by atoms with E-state index in [9.17, 15) is 4.79 Å². The zero-order valence-electron chi connectivity index (χ0n) is 22.9. The van der Waals surface area contributed by atoms with Crippen LogP contribution in [0.1, 0.15) is 66.0 Å². The van der Waals surface area contributed by atoms with Crippen molar-refractivity contribution in [2.45, 2.75) is 77.2 Å². The molecule has 1 unspecified atom stereocenters.